The van der Waals surface area contributed by atoms with Crippen LogP contribution in [0.15, 0.2) is 16.9 Å². The van der Waals surface area contributed by atoms with E-state index in [9.17, 15) is 0 Å². The smallest absolute Gasteiger partial charge is 0.142 e. The first-order valence-corrected chi connectivity index (χ1v) is 5.94. The number of aromatic nitrogens is 2. The summed E-state index contributed by atoms with van der Waals surface area (Å²) in [5.74, 6) is 0.820. The fourth-order valence-corrected chi connectivity index (χ4v) is 2.42. The predicted molar refractivity (Wildman–Crippen MR) is 64.4 cm³/mol. The Kier molecular flexibility index (Phi) is 2.82. The molecule has 2 N–H and O–H groups in total. The van der Waals surface area contributed by atoms with Crippen molar-refractivity contribution in [1.29, 1.82) is 0 Å². The van der Waals surface area contributed by atoms with Crippen LogP contribution in [-0.4, -0.2) is 16.7 Å². The average molecular weight is 237 g/mol. The maximum Gasteiger partial charge on any atom is 0.142 e. The Hall–Kier alpha value is -1.20. The minimum absolute atomic E-state index is 0.0754. The van der Waals surface area contributed by atoms with Crippen molar-refractivity contribution in [1.82, 2.24) is 10.1 Å². The molecule has 2 rings (SSSR count). The summed E-state index contributed by atoms with van der Waals surface area (Å²) in [6.45, 7) is 6.67. The van der Waals surface area contributed by atoms with Gasteiger partial charge in [-0.15, -0.1) is 11.3 Å². The van der Waals surface area contributed by atoms with Crippen molar-refractivity contribution in [2.45, 2.75) is 26.2 Å². The molecule has 0 aliphatic heterocycles. The van der Waals surface area contributed by atoms with Crippen LogP contribution < -0.4 is 5.73 Å². The van der Waals surface area contributed by atoms with Crippen molar-refractivity contribution in [3.8, 4) is 10.4 Å². The Morgan fingerprint density at radius 2 is 2.19 bits per heavy atom. The summed E-state index contributed by atoms with van der Waals surface area (Å²) in [4.78, 5) is 5.50. The highest BCUT2D eigenvalue weighted by molar-refractivity contribution is 7.15. The van der Waals surface area contributed by atoms with E-state index < -0.39 is 0 Å². The predicted octanol–water partition coefficient (Wildman–Crippen LogP) is 2.34. The van der Waals surface area contributed by atoms with Gasteiger partial charge in [0, 0.05) is 18.2 Å². The van der Waals surface area contributed by atoms with E-state index in [0.717, 1.165) is 21.2 Å². The van der Waals surface area contributed by atoms with Gasteiger partial charge in [-0.2, -0.15) is 0 Å². The Morgan fingerprint density at radius 3 is 2.75 bits per heavy atom. The lowest BCUT2D eigenvalue weighted by atomic mass is 9.95. The van der Waals surface area contributed by atoms with Crippen molar-refractivity contribution in [3.05, 3.63) is 23.2 Å². The van der Waals surface area contributed by atoms with E-state index in [1.54, 1.807) is 17.5 Å². The van der Waals surface area contributed by atoms with E-state index >= 15 is 0 Å². The van der Waals surface area contributed by atoms with Crippen molar-refractivity contribution >= 4 is 11.3 Å². The molecule has 0 aliphatic rings. The van der Waals surface area contributed by atoms with Crippen molar-refractivity contribution in [2.24, 2.45) is 5.73 Å². The topological polar surface area (TPSA) is 64.9 Å². The molecule has 2 aromatic rings. The van der Waals surface area contributed by atoms with Gasteiger partial charge in [-0.25, -0.2) is 4.98 Å². The molecule has 0 unspecified atom stereocenters. The Bertz CT molecular complexity index is 487. The molecule has 0 saturated carbocycles. The number of nitrogens with two attached hydrogens (primary N) is 1. The molecular formula is C11H15N3OS. The standard InChI is InChI=1S/C11H15N3OS/c1-7-8(4-14-15-7)9-5-13-10(16-9)11(2,3)6-12/h4-5H,6,12H2,1-3H3. The van der Waals surface area contributed by atoms with Crippen LogP contribution in [0.1, 0.15) is 24.6 Å². The van der Waals surface area contributed by atoms with Crippen LogP contribution in [0.4, 0.5) is 0 Å². The zero-order valence-corrected chi connectivity index (χ0v) is 10.5. The molecule has 4 nitrogen and oxygen atoms in total. The maximum absolute atomic E-state index is 5.73. The Morgan fingerprint density at radius 1 is 1.44 bits per heavy atom. The molecule has 0 bridgehead atoms. The number of rotatable bonds is 3. The van der Waals surface area contributed by atoms with Gasteiger partial charge in [0.05, 0.1) is 21.6 Å². The highest BCUT2D eigenvalue weighted by atomic mass is 32.1. The average Bonchev–Trinajstić information content (AvgIpc) is 2.85. The van der Waals surface area contributed by atoms with E-state index in [1.165, 1.54) is 0 Å². The second kappa shape index (κ2) is 3.99. The summed E-state index contributed by atoms with van der Waals surface area (Å²) in [5, 5.41) is 4.82. The zero-order chi connectivity index (χ0) is 11.8. The summed E-state index contributed by atoms with van der Waals surface area (Å²) < 4.78 is 5.04. The number of hydrogen-bond acceptors (Lipinski definition) is 5. The van der Waals surface area contributed by atoms with Gasteiger partial charge in [0.25, 0.3) is 0 Å². The quantitative estimate of drug-likeness (QED) is 0.889. The van der Waals surface area contributed by atoms with Crippen LogP contribution in [-0.2, 0) is 5.41 Å². The number of nitrogens with zero attached hydrogens (tertiary/aromatic N) is 2. The van der Waals surface area contributed by atoms with E-state index in [4.69, 9.17) is 10.3 Å². The molecule has 0 aromatic carbocycles. The van der Waals surface area contributed by atoms with Crippen LogP contribution in [0.2, 0.25) is 0 Å². The van der Waals surface area contributed by atoms with E-state index in [2.05, 4.69) is 24.0 Å². The van der Waals surface area contributed by atoms with Crippen LogP contribution >= 0.6 is 11.3 Å². The molecule has 0 spiro atoms. The van der Waals surface area contributed by atoms with E-state index in [-0.39, 0.29) is 5.41 Å². The summed E-state index contributed by atoms with van der Waals surface area (Å²) in [5.41, 5.74) is 6.67. The summed E-state index contributed by atoms with van der Waals surface area (Å²) in [6, 6.07) is 0. The second-order valence-electron chi connectivity index (χ2n) is 4.41. The van der Waals surface area contributed by atoms with Gasteiger partial charge in [-0.3, -0.25) is 0 Å². The normalized spacial score (nSPS) is 12.0. The molecule has 0 atom stereocenters. The zero-order valence-electron chi connectivity index (χ0n) is 9.65. The van der Waals surface area contributed by atoms with Crippen LogP contribution in [0.3, 0.4) is 0 Å². The number of hydrogen-bond donors (Lipinski definition) is 1. The molecule has 2 heterocycles. The highest BCUT2D eigenvalue weighted by Gasteiger charge is 2.23. The Labute approximate surface area is 98.5 Å². The largest absolute Gasteiger partial charge is 0.361 e. The van der Waals surface area contributed by atoms with Gasteiger partial charge >= 0.3 is 0 Å². The van der Waals surface area contributed by atoms with E-state index in [1.807, 2.05) is 13.1 Å². The molecule has 86 valence electrons. The minimum atomic E-state index is -0.0754. The summed E-state index contributed by atoms with van der Waals surface area (Å²) in [6.07, 6.45) is 3.58. The lowest BCUT2D eigenvalue weighted by molar-refractivity contribution is 0.398. The fourth-order valence-electron chi connectivity index (χ4n) is 1.33. The van der Waals surface area contributed by atoms with Crippen LogP contribution in [0.5, 0.6) is 0 Å². The third kappa shape index (κ3) is 1.88. The second-order valence-corrected chi connectivity index (χ2v) is 5.44. The number of thiazole rings is 1. The molecule has 0 fully saturated rings. The SMILES string of the molecule is Cc1oncc1-c1cnc(C(C)(C)CN)s1. The van der Waals surface area contributed by atoms with Gasteiger partial charge in [0.2, 0.25) is 0 Å². The Balaban J connectivity index is 2.37. The van der Waals surface area contributed by atoms with Crippen LogP contribution in [0.25, 0.3) is 10.4 Å². The lowest BCUT2D eigenvalue weighted by Crippen LogP contribution is -2.27. The van der Waals surface area contributed by atoms with E-state index in [0.29, 0.717) is 6.54 Å². The maximum atomic E-state index is 5.73. The van der Waals surface area contributed by atoms with Gasteiger partial charge in [0.15, 0.2) is 0 Å². The van der Waals surface area contributed by atoms with Gasteiger partial charge in [-0.05, 0) is 6.92 Å². The first-order valence-electron chi connectivity index (χ1n) is 5.12. The van der Waals surface area contributed by atoms with Gasteiger partial charge in [0.1, 0.15) is 5.76 Å². The van der Waals surface area contributed by atoms with Crippen molar-refractivity contribution in [3.63, 3.8) is 0 Å². The molecule has 5 heteroatoms. The molecule has 2 aromatic heterocycles. The first-order chi connectivity index (χ1) is 7.54. The third-order valence-electron chi connectivity index (χ3n) is 2.61. The molecule has 16 heavy (non-hydrogen) atoms. The molecular weight excluding hydrogens is 222 g/mol. The number of aryl methyl sites for hydroxylation is 1. The van der Waals surface area contributed by atoms with Gasteiger partial charge in [-0.1, -0.05) is 19.0 Å². The lowest BCUT2D eigenvalue weighted by Gasteiger charge is -2.18. The minimum Gasteiger partial charge on any atom is -0.361 e. The summed E-state index contributed by atoms with van der Waals surface area (Å²) in [7, 11) is 0. The highest BCUT2D eigenvalue weighted by Crippen LogP contribution is 2.33. The van der Waals surface area contributed by atoms with Gasteiger partial charge < -0.3 is 10.3 Å². The third-order valence-corrected chi connectivity index (χ3v) is 4.01. The molecule has 0 amide bonds. The summed E-state index contributed by atoms with van der Waals surface area (Å²) >= 11 is 1.65. The molecule has 0 radical (unpaired) electrons. The monoisotopic (exact) mass is 237 g/mol. The fraction of sp³-hybridized carbons (Fsp3) is 0.455. The van der Waals surface area contributed by atoms with Crippen molar-refractivity contribution in [2.75, 3.05) is 6.54 Å². The molecule has 0 saturated heterocycles. The molecule has 0 aliphatic carbocycles. The van der Waals surface area contributed by atoms with Crippen molar-refractivity contribution < 1.29 is 4.52 Å². The van der Waals surface area contributed by atoms with Crippen LogP contribution in [0, 0.1) is 6.92 Å². The first kappa shape index (κ1) is 11.3.